The predicted molar refractivity (Wildman–Crippen MR) is 52.3 cm³/mol. The van der Waals surface area contributed by atoms with E-state index in [1.165, 1.54) is 0 Å². The molecule has 0 aromatic rings. The number of hydrogen-bond acceptors (Lipinski definition) is 3. The summed E-state index contributed by atoms with van der Waals surface area (Å²) >= 11 is 0. The van der Waals surface area contributed by atoms with Crippen molar-refractivity contribution in [3.8, 4) is 0 Å². The van der Waals surface area contributed by atoms with Crippen LogP contribution in [0, 0.1) is 0 Å². The Morgan fingerprint density at radius 2 is 2.00 bits per heavy atom. The minimum Gasteiger partial charge on any atom is -0.389 e. The van der Waals surface area contributed by atoms with Crippen LogP contribution in [-0.2, 0) is 0 Å². The van der Waals surface area contributed by atoms with Crippen LogP contribution in [0.15, 0.2) is 0 Å². The van der Waals surface area contributed by atoms with Gasteiger partial charge < -0.3 is 15.3 Å². The van der Waals surface area contributed by atoms with Gasteiger partial charge in [0.05, 0.1) is 5.60 Å². The van der Waals surface area contributed by atoms with Gasteiger partial charge in [0.1, 0.15) is 0 Å². The number of nitrogens with zero attached hydrogens (tertiary/aromatic N) is 1. The Balaban J connectivity index is 3.40. The molecule has 0 amide bonds. The highest BCUT2D eigenvalue weighted by atomic mass is 16.3. The highest BCUT2D eigenvalue weighted by molar-refractivity contribution is 4.69. The van der Waals surface area contributed by atoms with Crippen LogP contribution in [0.1, 0.15) is 20.3 Å². The van der Waals surface area contributed by atoms with Gasteiger partial charge in [0.25, 0.3) is 0 Å². The summed E-state index contributed by atoms with van der Waals surface area (Å²) in [6.45, 7) is 6.47. The van der Waals surface area contributed by atoms with Crippen LogP contribution in [0.4, 0.5) is 0 Å². The second-order valence-corrected chi connectivity index (χ2v) is 4.01. The molecule has 0 rings (SSSR count). The smallest absolute Gasteiger partial charge is 0.0718 e. The molecular formula is C9H22N2O. The summed E-state index contributed by atoms with van der Waals surface area (Å²) in [4.78, 5) is 2.15. The van der Waals surface area contributed by atoms with Crippen molar-refractivity contribution in [2.24, 2.45) is 0 Å². The van der Waals surface area contributed by atoms with E-state index < -0.39 is 5.60 Å². The Morgan fingerprint density at radius 1 is 1.42 bits per heavy atom. The van der Waals surface area contributed by atoms with E-state index in [-0.39, 0.29) is 0 Å². The third-order valence-electron chi connectivity index (χ3n) is 1.62. The second kappa shape index (κ2) is 5.51. The normalized spacial score (nSPS) is 12.5. The van der Waals surface area contributed by atoms with E-state index in [0.717, 1.165) is 26.1 Å². The van der Waals surface area contributed by atoms with Crippen molar-refractivity contribution in [1.82, 2.24) is 10.2 Å². The first-order valence-corrected chi connectivity index (χ1v) is 4.51. The van der Waals surface area contributed by atoms with Gasteiger partial charge in [-0.15, -0.1) is 0 Å². The molecule has 0 aliphatic heterocycles. The van der Waals surface area contributed by atoms with Gasteiger partial charge in [0.2, 0.25) is 0 Å². The fourth-order valence-corrected chi connectivity index (χ4v) is 1.27. The lowest BCUT2D eigenvalue weighted by Crippen LogP contribution is -2.37. The SMILES string of the molecule is CNCCCN(C)CC(C)(C)O. The zero-order valence-corrected chi connectivity index (χ0v) is 8.72. The molecule has 3 nitrogen and oxygen atoms in total. The van der Waals surface area contributed by atoms with Crippen LogP contribution >= 0.6 is 0 Å². The Labute approximate surface area is 75.8 Å². The maximum atomic E-state index is 9.49. The molecule has 2 N–H and O–H groups in total. The van der Waals surface area contributed by atoms with Gasteiger partial charge >= 0.3 is 0 Å². The zero-order valence-electron chi connectivity index (χ0n) is 8.72. The third-order valence-corrected chi connectivity index (χ3v) is 1.62. The molecule has 0 heterocycles. The lowest BCUT2D eigenvalue weighted by atomic mass is 10.1. The summed E-state index contributed by atoms with van der Waals surface area (Å²) < 4.78 is 0. The average Bonchev–Trinajstić information content (AvgIpc) is 1.84. The first kappa shape index (κ1) is 11.9. The molecule has 0 spiro atoms. The molecule has 0 aromatic carbocycles. The highest BCUT2D eigenvalue weighted by Gasteiger charge is 2.14. The van der Waals surface area contributed by atoms with Gasteiger partial charge in [-0.2, -0.15) is 0 Å². The number of nitrogens with one attached hydrogen (secondary N) is 1. The van der Waals surface area contributed by atoms with E-state index >= 15 is 0 Å². The Hall–Kier alpha value is -0.120. The zero-order chi connectivity index (χ0) is 9.61. The monoisotopic (exact) mass is 174 g/mol. The van der Waals surface area contributed by atoms with Gasteiger partial charge in [0, 0.05) is 6.54 Å². The fraction of sp³-hybridized carbons (Fsp3) is 1.00. The van der Waals surface area contributed by atoms with Crippen molar-refractivity contribution in [2.75, 3.05) is 33.7 Å². The van der Waals surface area contributed by atoms with Crippen molar-refractivity contribution >= 4 is 0 Å². The molecule has 0 radical (unpaired) electrons. The maximum absolute atomic E-state index is 9.49. The molecule has 0 bridgehead atoms. The van der Waals surface area contributed by atoms with E-state index in [4.69, 9.17) is 0 Å². The molecule has 0 aliphatic carbocycles. The van der Waals surface area contributed by atoms with E-state index in [9.17, 15) is 5.11 Å². The molecule has 0 atom stereocenters. The summed E-state index contributed by atoms with van der Waals surface area (Å²) in [6.07, 6.45) is 1.13. The maximum Gasteiger partial charge on any atom is 0.0718 e. The Morgan fingerprint density at radius 3 is 2.42 bits per heavy atom. The molecule has 3 heteroatoms. The van der Waals surface area contributed by atoms with Gasteiger partial charge in [-0.25, -0.2) is 0 Å². The summed E-state index contributed by atoms with van der Waals surface area (Å²) in [5.41, 5.74) is -0.575. The van der Waals surface area contributed by atoms with Crippen LogP contribution in [0.5, 0.6) is 0 Å². The first-order chi connectivity index (χ1) is 5.45. The summed E-state index contributed by atoms with van der Waals surface area (Å²) in [6, 6.07) is 0. The van der Waals surface area contributed by atoms with E-state index in [1.54, 1.807) is 0 Å². The highest BCUT2D eigenvalue weighted by Crippen LogP contribution is 2.02. The topological polar surface area (TPSA) is 35.5 Å². The van der Waals surface area contributed by atoms with Crippen LogP contribution in [0.25, 0.3) is 0 Å². The van der Waals surface area contributed by atoms with Crippen molar-refractivity contribution < 1.29 is 5.11 Å². The molecule has 12 heavy (non-hydrogen) atoms. The molecule has 0 unspecified atom stereocenters. The summed E-state index contributed by atoms with van der Waals surface area (Å²) in [5, 5.41) is 12.6. The van der Waals surface area contributed by atoms with Gasteiger partial charge in [-0.1, -0.05) is 0 Å². The number of rotatable bonds is 6. The standard InChI is InChI=1S/C9H22N2O/c1-9(2,12)8-11(4)7-5-6-10-3/h10,12H,5-8H2,1-4H3. The molecule has 0 aromatic heterocycles. The van der Waals surface area contributed by atoms with Crippen molar-refractivity contribution in [2.45, 2.75) is 25.9 Å². The van der Waals surface area contributed by atoms with Crippen molar-refractivity contribution in [3.63, 3.8) is 0 Å². The molecular weight excluding hydrogens is 152 g/mol. The third kappa shape index (κ3) is 7.98. The second-order valence-electron chi connectivity index (χ2n) is 4.01. The van der Waals surface area contributed by atoms with E-state index in [2.05, 4.69) is 10.2 Å². The quantitative estimate of drug-likeness (QED) is 0.568. The number of aliphatic hydroxyl groups is 1. The average molecular weight is 174 g/mol. The van der Waals surface area contributed by atoms with E-state index in [0.29, 0.717) is 0 Å². The molecule has 74 valence electrons. The fourth-order valence-electron chi connectivity index (χ4n) is 1.27. The number of hydrogen-bond donors (Lipinski definition) is 2. The Bertz CT molecular complexity index is 110. The lowest BCUT2D eigenvalue weighted by molar-refractivity contribution is 0.0444. The van der Waals surface area contributed by atoms with Crippen LogP contribution < -0.4 is 5.32 Å². The minimum atomic E-state index is -0.575. The van der Waals surface area contributed by atoms with Crippen LogP contribution in [0.2, 0.25) is 0 Å². The first-order valence-electron chi connectivity index (χ1n) is 4.51. The van der Waals surface area contributed by atoms with Crippen LogP contribution in [0.3, 0.4) is 0 Å². The molecule has 0 fully saturated rings. The van der Waals surface area contributed by atoms with Gasteiger partial charge in [0.15, 0.2) is 0 Å². The largest absolute Gasteiger partial charge is 0.389 e. The summed E-state index contributed by atoms with van der Waals surface area (Å²) in [5.74, 6) is 0. The van der Waals surface area contributed by atoms with Gasteiger partial charge in [-0.05, 0) is 47.5 Å². The van der Waals surface area contributed by atoms with Crippen LogP contribution in [-0.4, -0.2) is 49.3 Å². The minimum absolute atomic E-state index is 0.575. The van der Waals surface area contributed by atoms with Crippen molar-refractivity contribution in [1.29, 1.82) is 0 Å². The van der Waals surface area contributed by atoms with E-state index in [1.807, 2.05) is 27.9 Å². The molecule has 0 saturated carbocycles. The van der Waals surface area contributed by atoms with Gasteiger partial charge in [-0.3, -0.25) is 0 Å². The Kier molecular flexibility index (Phi) is 5.46. The molecule has 0 aliphatic rings. The predicted octanol–water partition coefficient (Wildman–Crippen LogP) is 0.299. The number of likely N-dealkylation sites (N-methyl/N-ethyl adjacent to an activating group) is 1. The molecule has 0 saturated heterocycles. The lowest BCUT2D eigenvalue weighted by Gasteiger charge is -2.25. The van der Waals surface area contributed by atoms with Crippen molar-refractivity contribution in [3.05, 3.63) is 0 Å². The summed E-state index contributed by atoms with van der Waals surface area (Å²) in [7, 11) is 3.99.